The summed E-state index contributed by atoms with van der Waals surface area (Å²) in [5, 5.41) is 14.7. The third-order valence-corrected chi connectivity index (χ3v) is 2.81. The van der Waals surface area contributed by atoms with Crippen LogP contribution in [0.4, 0.5) is 0 Å². The zero-order chi connectivity index (χ0) is 15.1. The quantitative estimate of drug-likeness (QED) is 0.752. The highest BCUT2D eigenvalue weighted by atomic mass is 16.1. The minimum atomic E-state index is 0.0606. The Morgan fingerprint density at radius 2 is 2.05 bits per heavy atom. The number of para-hydroxylation sites is 1. The average Bonchev–Trinajstić information content (AvgIpc) is 2.93. The molecule has 112 valence electrons. The number of benzene rings is 1. The summed E-state index contributed by atoms with van der Waals surface area (Å²) < 4.78 is 0. The molecule has 1 heterocycles. The van der Waals surface area contributed by atoms with Gasteiger partial charge in [0.2, 0.25) is 5.91 Å². The molecule has 2 rings (SSSR count). The van der Waals surface area contributed by atoms with Crippen LogP contribution in [-0.2, 0) is 11.3 Å². The Hall–Kier alpha value is -2.21. The Morgan fingerprint density at radius 1 is 1.29 bits per heavy atom. The highest BCUT2D eigenvalue weighted by molar-refractivity contribution is 5.76. The lowest BCUT2D eigenvalue weighted by molar-refractivity contribution is -0.121. The summed E-state index contributed by atoms with van der Waals surface area (Å²) in [5.74, 6) is 0.0606. The maximum Gasteiger partial charge on any atom is 0.221 e. The molecule has 0 spiro atoms. The summed E-state index contributed by atoms with van der Waals surface area (Å²) in [5.41, 5.74) is 1.78. The fourth-order valence-electron chi connectivity index (χ4n) is 1.87. The van der Waals surface area contributed by atoms with Gasteiger partial charge >= 0.3 is 0 Å². The number of amides is 1. The Kier molecular flexibility index (Phi) is 5.45. The van der Waals surface area contributed by atoms with Crippen LogP contribution in [0.25, 0.3) is 5.69 Å². The lowest BCUT2D eigenvalue weighted by Gasteiger charge is -2.08. The first-order valence-corrected chi connectivity index (χ1v) is 7.12. The van der Waals surface area contributed by atoms with E-state index in [1.165, 1.54) is 0 Å². The van der Waals surface area contributed by atoms with Gasteiger partial charge in [0.25, 0.3) is 0 Å². The second kappa shape index (κ2) is 7.54. The summed E-state index contributed by atoms with van der Waals surface area (Å²) in [6.07, 6.45) is 2.19. The summed E-state index contributed by atoms with van der Waals surface area (Å²) >= 11 is 0. The summed E-state index contributed by atoms with van der Waals surface area (Å²) in [6.45, 7) is 5.12. The molecular weight excluding hydrogens is 266 g/mol. The van der Waals surface area contributed by atoms with Gasteiger partial charge in [0.05, 0.1) is 17.6 Å². The van der Waals surface area contributed by atoms with Gasteiger partial charge in [0, 0.05) is 25.6 Å². The summed E-state index contributed by atoms with van der Waals surface area (Å²) in [6, 6.07) is 9.94. The second-order valence-corrected chi connectivity index (χ2v) is 5.11. The number of rotatable bonds is 7. The maximum atomic E-state index is 11.5. The molecule has 0 aliphatic rings. The van der Waals surface area contributed by atoms with Gasteiger partial charge in [-0.05, 0) is 26.0 Å². The first kappa shape index (κ1) is 15.2. The lowest BCUT2D eigenvalue weighted by Crippen LogP contribution is -2.32. The van der Waals surface area contributed by atoms with E-state index in [2.05, 4.69) is 20.8 Å². The first-order chi connectivity index (χ1) is 10.1. The molecule has 0 unspecified atom stereocenters. The van der Waals surface area contributed by atoms with Crippen LogP contribution in [0.15, 0.2) is 36.5 Å². The number of carbonyl (C=O) groups excluding carboxylic acids is 1. The third-order valence-electron chi connectivity index (χ3n) is 2.81. The van der Waals surface area contributed by atoms with Crippen LogP contribution in [0.3, 0.4) is 0 Å². The van der Waals surface area contributed by atoms with Crippen molar-refractivity contribution in [3.8, 4) is 5.69 Å². The van der Waals surface area contributed by atoms with Crippen LogP contribution >= 0.6 is 0 Å². The van der Waals surface area contributed by atoms with Gasteiger partial charge in [-0.3, -0.25) is 4.79 Å². The van der Waals surface area contributed by atoms with E-state index in [9.17, 15) is 4.79 Å². The van der Waals surface area contributed by atoms with E-state index in [4.69, 9.17) is 0 Å². The predicted molar refractivity (Wildman–Crippen MR) is 81.0 cm³/mol. The predicted octanol–water partition coefficient (Wildman–Crippen LogP) is 1.27. The monoisotopic (exact) mass is 287 g/mol. The lowest BCUT2D eigenvalue weighted by atomic mass is 10.3. The van der Waals surface area contributed by atoms with Gasteiger partial charge in [-0.15, -0.1) is 0 Å². The van der Waals surface area contributed by atoms with Gasteiger partial charge in [-0.25, -0.2) is 0 Å². The minimum absolute atomic E-state index is 0.0606. The number of hydrogen-bond acceptors (Lipinski definition) is 4. The SMILES string of the molecule is CC(C)NC(=O)CCNCc1cnn(-c2ccccc2)n1. The smallest absolute Gasteiger partial charge is 0.221 e. The standard InChI is InChI=1S/C15H21N5O/c1-12(2)18-15(21)8-9-16-10-13-11-17-20(19-13)14-6-4-3-5-7-14/h3-7,11-12,16H,8-10H2,1-2H3,(H,18,21). The van der Waals surface area contributed by atoms with E-state index < -0.39 is 0 Å². The van der Waals surface area contributed by atoms with E-state index >= 15 is 0 Å². The number of nitrogens with zero attached hydrogens (tertiary/aromatic N) is 3. The van der Waals surface area contributed by atoms with Crippen LogP contribution in [0.1, 0.15) is 26.0 Å². The molecule has 0 aliphatic carbocycles. The van der Waals surface area contributed by atoms with Gasteiger partial charge in [0.15, 0.2) is 0 Å². The Morgan fingerprint density at radius 3 is 2.76 bits per heavy atom. The van der Waals surface area contributed by atoms with E-state index in [0.717, 1.165) is 11.4 Å². The van der Waals surface area contributed by atoms with Crippen LogP contribution in [0, 0.1) is 0 Å². The van der Waals surface area contributed by atoms with Gasteiger partial charge in [-0.1, -0.05) is 18.2 Å². The van der Waals surface area contributed by atoms with E-state index in [1.54, 1.807) is 11.0 Å². The van der Waals surface area contributed by atoms with Crippen LogP contribution < -0.4 is 10.6 Å². The summed E-state index contributed by atoms with van der Waals surface area (Å²) in [7, 11) is 0. The normalized spacial score (nSPS) is 10.8. The molecule has 6 nitrogen and oxygen atoms in total. The Labute approximate surface area is 124 Å². The fraction of sp³-hybridized carbons (Fsp3) is 0.400. The number of aromatic nitrogens is 3. The molecule has 0 bridgehead atoms. The Bertz CT molecular complexity index is 564. The van der Waals surface area contributed by atoms with Crippen molar-refractivity contribution in [3.05, 3.63) is 42.2 Å². The van der Waals surface area contributed by atoms with Crippen LogP contribution in [-0.4, -0.2) is 33.5 Å². The molecule has 1 aromatic carbocycles. The molecule has 2 N–H and O–H groups in total. The molecule has 21 heavy (non-hydrogen) atoms. The van der Waals surface area contributed by atoms with E-state index in [-0.39, 0.29) is 11.9 Å². The third kappa shape index (κ3) is 5.00. The molecule has 0 aliphatic heterocycles. The maximum absolute atomic E-state index is 11.5. The first-order valence-electron chi connectivity index (χ1n) is 7.12. The van der Waals surface area contributed by atoms with Crippen molar-refractivity contribution < 1.29 is 4.79 Å². The highest BCUT2D eigenvalue weighted by Gasteiger charge is 2.04. The molecule has 6 heteroatoms. The fourth-order valence-corrected chi connectivity index (χ4v) is 1.87. The van der Waals surface area contributed by atoms with Gasteiger partial charge in [0.1, 0.15) is 0 Å². The van der Waals surface area contributed by atoms with Crippen molar-refractivity contribution >= 4 is 5.91 Å². The van der Waals surface area contributed by atoms with Crippen molar-refractivity contribution in [2.45, 2.75) is 32.9 Å². The number of nitrogens with one attached hydrogen (secondary N) is 2. The molecule has 0 radical (unpaired) electrons. The summed E-state index contributed by atoms with van der Waals surface area (Å²) in [4.78, 5) is 13.1. The zero-order valence-corrected chi connectivity index (χ0v) is 12.4. The van der Waals surface area contributed by atoms with Crippen molar-refractivity contribution in [2.24, 2.45) is 0 Å². The van der Waals surface area contributed by atoms with Crippen molar-refractivity contribution in [3.63, 3.8) is 0 Å². The van der Waals surface area contributed by atoms with Crippen molar-refractivity contribution in [1.29, 1.82) is 0 Å². The minimum Gasteiger partial charge on any atom is -0.354 e. The second-order valence-electron chi connectivity index (χ2n) is 5.11. The van der Waals surface area contributed by atoms with Crippen LogP contribution in [0.5, 0.6) is 0 Å². The number of carbonyl (C=O) groups is 1. The van der Waals surface area contributed by atoms with Crippen molar-refractivity contribution in [2.75, 3.05) is 6.54 Å². The highest BCUT2D eigenvalue weighted by Crippen LogP contribution is 2.03. The van der Waals surface area contributed by atoms with Gasteiger partial charge < -0.3 is 10.6 Å². The molecule has 0 fully saturated rings. The molecule has 0 saturated heterocycles. The molecule has 1 aromatic heterocycles. The number of hydrogen-bond donors (Lipinski definition) is 2. The average molecular weight is 287 g/mol. The van der Waals surface area contributed by atoms with Crippen LogP contribution in [0.2, 0.25) is 0 Å². The molecule has 0 saturated carbocycles. The molecule has 1 amide bonds. The topological polar surface area (TPSA) is 71.8 Å². The molecular formula is C15H21N5O. The molecule has 0 atom stereocenters. The van der Waals surface area contributed by atoms with Crippen molar-refractivity contribution in [1.82, 2.24) is 25.6 Å². The largest absolute Gasteiger partial charge is 0.354 e. The Balaban J connectivity index is 1.75. The zero-order valence-electron chi connectivity index (χ0n) is 12.4. The molecule has 2 aromatic rings. The van der Waals surface area contributed by atoms with E-state index in [1.807, 2.05) is 44.2 Å². The van der Waals surface area contributed by atoms with Gasteiger partial charge in [-0.2, -0.15) is 15.0 Å². The van der Waals surface area contributed by atoms with E-state index in [0.29, 0.717) is 19.5 Å².